The lowest BCUT2D eigenvalue weighted by molar-refractivity contribution is 0.468. The summed E-state index contributed by atoms with van der Waals surface area (Å²) < 4.78 is 53.6. The minimum absolute atomic E-state index is 0.0699. The molecule has 0 saturated heterocycles. The summed E-state index contributed by atoms with van der Waals surface area (Å²) in [7, 11) is -7.40. The minimum atomic E-state index is -3.74. The molecule has 0 fully saturated rings. The van der Waals surface area contributed by atoms with Crippen molar-refractivity contribution in [1.29, 1.82) is 0 Å². The van der Waals surface area contributed by atoms with Crippen molar-refractivity contribution in [3.63, 3.8) is 0 Å². The largest absolute Gasteiger partial charge is 0.267 e. The van der Waals surface area contributed by atoms with Gasteiger partial charge in [-0.3, -0.25) is 0 Å². The minimum Gasteiger partial charge on any atom is -0.250 e. The Bertz CT molecular complexity index is 1090. The highest BCUT2D eigenvalue weighted by Gasteiger charge is 2.25. The van der Waals surface area contributed by atoms with E-state index in [1.165, 1.54) is 28.9 Å². The molecule has 2 aromatic carbocycles. The summed E-state index contributed by atoms with van der Waals surface area (Å²) in [6.45, 7) is 3.91. The van der Waals surface area contributed by atoms with Crippen LogP contribution in [0, 0.1) is 13.8 Å². The van der Waals surface area contributed by atoms with Gasteiger partial charge in [0, 0.05) is 25.5 Å². The molecule has 1 heterocycles. The number of hydrogen-bond donors (Lipinski definition) is 0. The summed E-state index contributed by atoms with van der Waals surface area (Å²) in [5.41, 5.74) is 1.94. The molecule has 3 rings (SSSR count). The molecule has 0 N–H and O–H groups in total. The topological polar surface area (TPSA) is 74.8 Å². The van der Waals surface area contributed by atoms with Gasteiger partial charge in [0.1, 0.15) is 0 Å². The predicted molar refractivity (Wildman–Crippen MR) is 108 cm³/mol. The molecule has 148 valence electrons. The van der Waals surface area contributed by atoms with Crippen LogP contribution in [-0.2, 0) is 20.0 Å². The third kappa shape index (κ3) is 4.19. The Labute approximate surface area is 166 Å². The molecule has 1 aliphatic heterocycles. The molecule has 2 aromatic rings. The van der Waals surface area contributed by atoms with Crippen molar-refractivity contribution < 1.29 is 16.8 Å². The van der Waals surface area contributed by atoms with Gasteiger partial charge >= 0.3 is 0 Å². The maximum atomic E-state index is 12.8. The first-order valence-corrected chi connectivity index (χ1v) is 11.6. The van der Waals surface area contributed by atoms with Gasteiger partial charge in [0.15, 0.2) is 0 Å². The first-order valence-electron chi connectivity index (χ1n) is 8.71. The van der Waals surface area contributed by atoms with E-state index < -0.39 is 20.0 Å². The van der Waals surface area contributed by atoms with Gasteiger partial charge in [0.2, 0.25) is 10.0 Å². The Balaban J connectivity index is 1.82. The van der Waals surface area contributed by atoms with Gasteiger partial charge in [-0.25, -0.2) is 21.1 Å². The van der Waals surface area contributed by atoms with E-state index in [9.17, 15) is 16.8 Å². The summed E-state index contributed by atoms with van der Waals surface area (Å²) in [5.74, 6) is 0. The molecule has 28 heavy (non-hydrogen) atoms. The van der Waals surface area contributed by atoms with Crippen LogP contribution >= 0.6 is 0 Å². The van der Waals surface area contributed by atoms with Crippen molar-refractivity contribution in [2.75, 3.05) is 13.1 Å². The van der Waals surface area contributed by atoms with E-state index in [0.717, 1.165) is 15.4 Å². The molecule has 0 bridgehead atoms. The Hall–Kier alpha value is -2.42. The average Bonchev–Trinajstić information content (AvgIpc) is 2.62. The van der Waals surface area contributed by atoms with Crippen LogP contribution in [0.25, 0.3) is 0 Å². The van der Waals surface area contributed by atoms with E-state index in [0.29, 0.717) is 0 Å². The molecule has 1 aliphatic rings. The van der Waals surface area contributed by atoms with Crippen molar-refractivity contribution in [2.45, 2.75) is 23.6 Å². The molecule has 0 saturated carbocycles. The van der Waals surface area contributed by atoms with E-state index in [1.807, 2.05) is 13.8 Å². The van der Waals surface area contributed by atoms with E-state index in [4.69, 9.17) is 0 Å². The van der Waals surface area contributed by atoms with Crippen molar-refractivity contribution in [3.05, 3.63) is 84.2 Å². The Morgan fingerprint density at radius 3 is 1.46 bits per heavy atom. The number of benzene rings is 2. The highest BCUT2D eigenvalue weighted by Crippen LogP contribution is 2.20. The standard InChI is InChI=1S/C20H22N2O4S2/c1-17-5-9-19(10-6-17)27(23,24)21-13-3-15-22(16-4-14-21)28(25,26)20-11-7-18(2)8-12-20/h3-14H,15-16H2,1-2H3. The second kappa shape index (κ2) is 7.90. The van der Waals surface area contributed by atoms with Crippen LogP contribution in [-0.4, -0.2) is 38.5 Å². The van der Waals surface area contributed by atoms with Gasteiger partial charge in [-0.15, -0.1) is 0 Å². The molecule has 0 radical (unpaired) electrons. The number of hydrogen-bond acceptors (Lipinski definition) is 4. The zero-order valence-electron chi connectivity index (χ0n) is 15.7. The quantitative estimate of drug-likeness (QED) is 0.765. The van der Waals surface area contributed by atoms with Crippen LogP contribution in [0.5, 0.6) is 0 Å². The Morgan fingerprint density at radius 2 is 1.04 bits per heavy atom. The Morgan fingerprint density at radius 1 is 0.643 bits per heavy atom. The van der Waals surface area contributed by atoms with E-state index >= 15 is 0 Å². The highest BCUT2D eigenvalue weighted by molar-refractivity contribution is 7.89. The third-order valence-electron chi connectivity index (χ3n) is 4.38. The summed E-state index contributed by atoms with van der Waals surface area (Å²) in [5, 5.41) is 0. The fraction of sp³-hybridized carbons (Fsp3) is 0.200. The van der Waals surface area contributed by atoms with Crippen molar-refractivity contribution in [3.8, 4) is 0 Å². The molecule has 0 unspecified atom stereocenters. The lowest BCUT2D eigenvalue weighted by atomic mass is 10.2. The van der Waals surface area contributed by atoms with Gasteiger partial charge in [0.25, 0.3) is 10.0 Å². The molecule has 0 spiro atoms. The van der Waals surface area contributed by atoms with Crippen LogP contribution in [0.4, 0.5) is 0 Å². The van der Waals surface area contributed by atoms with E-state index in [2.05, 4.69) is 0 Å². The SMILES string of the molecule is Cc1ccc(S(=O)(=O)N2C=CCN(S(=O)(=O)c3ccc(C)cc3)CC=C2)cc1. The molecule has 0 amide bonds. The summed E-state index contributed by atoms with van der Waals surface area (Å²) in [4.78, 5) is 0.390. The zero-order valence-corrected chi connectivity index (χ0v) is 17.3. The molecular weight excluding hydrogens is 396 g/mol. The van der Waals surface area contributed by atoms with Gasteiger partial charge in [-0.05, 0) is 38.1 Å². The maximum absolute atomic E-state index is 12.8. The van der Waals surface area contributed by atoms with E-state index in [1.54, 1.807) is 48.5 Å². The first kappa shape index (κ1) is 20.3. The fourth-order valence-electron chi connectivity index (χ4n) is 2.71. The first-order chi connectivity index (χ1) is 13.2. The van der Waals surface area contributed by atoms with Gasteiger partial charge in [0.05, 0.1) is 9.79 Å². The molecular formula is C20H22N2O4S2. The molecule has 8 heteroatoms. The fourth-order valence-corrected chi connectivity index (χ4v) is 5.27. The molecule has 6 nitrogen and oxygen atoms in total. The van der Waals surface area contributed by atoms with Crippen LogP contribution in [0.1, 0.15) is 11.1 Å². The summed E-state index contributed by atoms with van der Waals surface area (Å²) >= 11 is 0. The molecule has 0 atom stereocenters. The number of sulfonamides is 2. The lowest BCUT2D eigenvalue weighted by Crippen LogP contribution is -2.33. The second-order valence-electron chi connectivity index (χ2n) is 6.55. The van der Waals surface area contributed by atoms with Crippen molar-refractivity contribution in [2.24, 2.45) is 0 Å². The van der Waals surface area contributed by atoms with Gasteiger partial charge < -0.3 is 0 Å². The number of aryl methyl sites for hydroxylation is 2. The number of rotatable bonds is 4. The average molecular weight is 419 g/mol. The maximum Gasteiger partial charge on any atom is 0.267 e. The summed E-state index contributed by atoms with van der Waals surface area (Å²) in [6.07, 6.45) is 5.81. The van der Waals surface area contributed by atoms with Crippen LogP contribution < -0.4 is 0 Å². The zero-order chi connectivity index (χ0) is 20.4. The van der Waals surface area contributed by atoms with Crippen LogP contribution in [0.2, 0.25) is 0 Å². The van der Waals surface area contributed by atoms with Gasteiger partial charge in [-0.2, -0.15) is 4.31 Å². The molecule has 0 aliphatic carbocycles. The Kier molecular flexibility index (Phi) is 5.74. The predicted octanol–water partition coefficient (Wildman–Crippen LogP) is 3.03. The lowest BCUT2D eigenvalue weighted by Gasteiger charge is -2.23. The van der Waals surface area contributed by atoms with Crippen molar-refractivity contribution >= 4 is 20.0 Å². The smallest absolute Gasteiger partial charge is 0.250 e. The third-order valence-corrected chi connectivity index (χ3v) is 7.89. The monoisotopic (exact) mass is 418 g/mol. The van der Waals surface area contributed by atoms with Crippen LogP contribution in [0.15, 0.2) is 82.9 Å². The normalized spacial score (nSPS) is 16.0. The summed E-state index contributed by atoms with van der Waals surface area (Å²) in [6, 6.07) is 13.2. The van der Waals surface area contributed by atoms with Gasteiger partial charge in [-0.1, -0.05) is 47.5 Å². The van der Waals surface area contributed by atoms with E-state index in [-0.39, 0.29) is 22.9 Å². The second-order valence-corrected chi connectivity index (χ2v) is 10.3. The van der Waals surface area contributed by atoms with Crippen LogP contribution in [0.3, 0.4) is 0 Å². The number of nitrogens with zero attached hydrogens (tertiary/aromatic N) is 2. The molecule has 0 aromatic heterocycles. The van der Waals surface area contributed by atoms with Crippen molar-refractivity contribution in [1.82, 2.24) is 8.61 Å². The highest BCUT2D eigenvalue weighted by atomic mass is 32.2.